The lowest BCUT2D eigenvalue weighted by molar-refractivity contribution is 0.313. The molecule has 1 aromatic carbocycles. The summed E-state index contributed by atoms with van der Waals surface area (Å²) in [6, 6.07) is 5.56. The molecule has 0 atom stereocenters. The van der Waals surface area contributed by atoms with Gasteiger partial charge < -0.3 is 14.2 Å². The molecule has 0 unspecified atom stereocenters. The van der Waals surface area contributed by atoms with Gasteiger partial charge in [0, 0.05) is 32.2 Å². The molecule has 1 aromatic heterocycles. The van der Waals surface area contributed by atoms with Crippen molar-refractivity contribution < 1.29 is 4.42 Å². The van der Waals surface area contributed by atoms with Crippen LogP contribution in [0.1, 0.15) is 5.56 Å². The Morgan fingerprint density at radius 3 is 2.58 bits per heavy atom. The maximum absolute atomic E-state index is 12.0. The number of fused-ring (bicyclic) bond motifs is 1. The number of nitrogens with zero attached hydrogens (tertiary/aromatic N) is 2. The summed E-state index contributed by atoms with van der Waals surface area (Å²) in [7, 11) is 2.13. The van der Waals surface area contributed by atoms with E-state index < -0.39 is 0 Å². The molecule has 100 valence electrons. The van der Waals surface area contributed by atoms with E-state index in [2.05, 4.69) is 22.9 Å². The minimum atomic E-state index is 0.0368. The standard InChI is InChI=1S/C15H18N2O2/c1-11-3-4-12(17-8-6-16(2)7-9-17)15-14(11)13(18)5-10-19-15/h3-5,10H,6-9H2,1-2H3. The van der Waals surface area contributed by atoms with Gasteiger partial charge >= 0.3 is 0 Å². The molecular weight excluding hydrogens is 240 g/mol. The van der Waals surface area contributed by atoms with E-state index in [4.69, 9.17) is 4.42 Å². The molecule has 2 aromatic rings. The van der Waals surface area contributed by atoms with Crippen LogP contribution in [0.4, 0.5) is 5.69 Å². The Kier molecular flexibility index (Phi) is 3.03. The van der Waals surface area contributed by atoms with E-state index in [1.165, 1.54) is 12.3 Å². The molecule has 2 heterocycles. The van der Waals surface area contributed by atoms with E-state index in [0.717, 1.165) is 43.0 Å². The van der Waals surface area contributed by atoms with Gasteiger partial charge in [-0.2, -0.15) is 0 Å². The molecule has 0 spiro atoms. The third-order valence-corrected chi connectivity index (χ3v) is 3.84. The van der Waals surface area contributed by atoms with E-state index in [-0.39, 0.29) is 5.43 Å². The van der Waals surface area contributed by atoms with Crippen molar-refractivity contribution in [2.45, 2.75) is 6.92 Å². The highest BCUT2D eigenvalue weighted by Crippen LogP contribution is 2.27. The highest BCUT2D eigenvalue weighted by molar-refractivity contribution is 5.91. The van der Waals surface area contributed by atoms with E-state index in [9.17, 15) is 4.79 Å². The van der Waals surface area contributed by atoms with Gasteiger partial charge in [-0.25, -0.2) is 0 Å². The molecule has 4 nitrogen and oxygen atoms in total. The van der Waals surface area contributed by atoms with Crippen LogP contribution in [0.5, 0.6) is 0 Å². The predicted octanol–water partition coefficient (Wildman–Crippen LogP) is 1.85. The Bertz CT molecular complexity index is 655. The van der Waals surface area contributed by atoms with E-state index in [0.29, 0.717) is 5.39 Å². The number of likely N-dealkylation sites (N-methyl/N-ethyl adjacent to an activating group) is 1. The third kappa shape index (κ3) is 2.12. The lowest BCUT2D eigenvalue weighted by Crippen LogP contribution is -2.44. The molecule has 1 aliphatic rings. The Balaban J connectivity index is 2.12. The molecule has 3 rings (SSSR count). The normalized spacial score (nSPS) is 17.1. The summed E-state index contributed by atoms with van der Waals surface area (Å²) in [4.78, 5) is 16.6. The molecule has 0 saturated carbocycles. The van der Waals surface area contributed by atoms with Crippen molar-refractivity contribution >= 4 is 16.7 Å². The van der Waals surface area contributed by atoms with Gasteiger partial charge in [0.2, 0.25) is 0 Å². The monoisotopic (exact) mass is 258 g/mol. The van der Waals surface area contributed by atoms with Crippen molar-refractivity contribution in [2.24, 2.45) is 0 Å². The summed E-state index contributed by atoms with van der Waals surface area (Å²) in [6.07, 6.45) is 1.49. The minimum absolute atomic E-state index is 0.0368. The largest absolute Gasteiger partial charge is 0.462 e. The van der Waals surface area contributed by atoms with Crippen LogP contribution in [0.2, 0.25) is 0 Å². The van der Waals surface area contributed by atoms with Gasteiger partial charge in [-0.1, -0.05) is 6.07 Å². The van der Waals surface area contributed by atoms with Crippen molar-refractivity contribution in [3.63, 3.8) is 0 Å². The van der Waals surface area contributed by atoms with E-state index in [1.54, 1.807) is 0 Å². The number of hydrogen-bond acceptors (Lipinski definition) is 4. The van der Waals surface area contributed by atoms with Gasteiger partial charge in [0.25, 0.3) is 0 Å². The van der Waals surface area contributed by atoms with Crippen molar-refractivity contribution in [1.82, 2.24) is 4.90 Å². The fraction of sp³-hybridized carbons (Fsp3) is 0.400. The molecule has 0 radical (unpaired) electrons. The van der Waals surface area contributed by atoms with Crippen molar-refractivity contribution in [3.8, 4) is 0 Å². The van der Waals surface area contributed by atoms with Gasteiger partial charge in [-0.05, 0) is 25.6 Å². The summed E-state index contributed by atoms with van der Waals surface area (Å²) >= 11 is 0. The SMILES string of the molecule is Cc1ccc(N2CCN(C)CC2)c2occc(=O)c12. The molecule has 0 amide bonds. The molecule has 0 N–H and O–H groups in total. The Hall–Kier alpha value is -1.81. The first-order valence-electron chi connectivity index (χ1n) is 6.61. The number of benzene rings is 1. The molecular formula is C15H18N2O2. The van der Waals surface area contributed by atoms with E-state index in [1.807, 2.05) is 13.0 Å². The zero-order chi connectivity index (χ0) is 13.4. The molecule has 19 heavy (non-hydrogen) atoms. The maximum Gasteiger partial charge on any atom is 0.193 e. The Morgan fingerprint density at radius 1 is 1.11 bits per heavy atom. The topological polar surface area (TPSA) is 36.7 Å². The summed E-state index contributed by atoms with van der Waals surface area (Å²) in [5.74, 6) is 0. The van der Waals surface area contributed by atoms with Crippen LogP contribution in [0.25, 0.3) is 11.0 Å². The second kappa shape index (κ2) is 4.70. The van der Waals surface area contributed by atoms with Crippen molar-refractivity contribution in [1.29, 1.82) is 0 Å². The average Bonchev–Trinajstić information content (AvgIpc) is 2.41. The van der Waals surface area contributed by atoms with Crippen LogP contribution in [0, 0.1) is 6.92 Å². The fourth-order valence-electron chi connectivity index (χ4n) is 2.64. The van der Waals surface area contributed by atoms with Crippen LogP contribution >= 0.6 is 0 Å². The zero-order valence-corrected chi connectivity index (χ0v) is 11.3. The van der Waals surface area contributed by atoms with Crippen molar-refractivity contribution in [2.75, 3.05) is 38.1 Å². The van der Waals surface area contributed by atoms with Crippen LogP contribution in [-0.2, 0) is 0 Å². The molecule has 4 heteroatoms. The summed E-state index contributed by atoms with van der Waals surface area (Å²) in [6.45, 7) is 5.95. The molecule has 1 saturated heterocycles. The smallest absolute Gasteiger partial charge is 0.193 e. The lowest BCUT2D eigenvalue weighted by Gasteiger charge is -2.34. The first-order valence-corrected chi connectivity index (χ1v) is 6.61. The molecule has 1 aliphatic heterocycles. The first-order chi connectivity index (χ1) is 9.16. The predicted molar refractivity (Wildman–Crippen MR) is 76.9 cm³/mol. The molecule has 1 fully saturated rings. The van der Waals surface area contributed by atoms with Gasteiger partial charge in [0.1, 0.15) is 0 Å². The number of piperazine rings is 1. The number of hydrogen-bond donors (Lipinski definition) is 0. The molecule has 0 aliphatic carbocycles. The maximum atomic E-state index is 12.0. The first kappa shape index (κ1) is 12.2. The highest BCUT2D eigenvalue weighted by Gasteiger charge is 2.18. The van der Waals surface area contributed by atoms with Crippen LogP contribution < -0.4 is 10.3 Å². The highest BCUT2D eigenvalue weighted by atomic mass is 16.3. The average molecular weight is 258 g/mol. The quantitative estimate of drug-likeness (QED) is 0.782. The number of anilines is 1. The fourth-order valence-corrected chi connectivity index (χ4v) is 2.64. The summed E-state index contributed by atoms with van der Waals surface area (Å²) < 4.78 is 5.63. The van der Waals surface area contributed by atoms with E-state index >= 15 is 0 Å². The lowest BCUT2D eigenvalue weighted by atomic mass is 10.1. The van der Waals surface area contributed by atoms with Gasteiger partial charge in [-0.15, -0.1) is 0 Å². The summed E-state index contributed by atoms with van der Waals surface area (Å²) in [5.41, 5.74) is 2.76. The number of rotatable bonds is 1. The van der Waals surface area contributed by atoms with Gasteiger partial charge in [0.05, 0.1) is 17.3 Å². The Morgan fingerprint density at radius 2 is 1.84 bits per heavy atom. The second-order valence-corrected chi connectivity index (χ2v) is 5.18. The summed E-state index contributed by atoms with van der Waals surface area (Å²) in [5, 5.41) is 0.707. The van der Waals surface area contributed by atoms with Crippen LogP contribution in [-0.4, -0.2) is 38.1 Å². The second-order valence-electron chi connectivity index (χ2n) is 5.18. The minimum Gasteiger partial charge on any atom is -0.462 e. The zero-order valence-electron chi connectivity index (χ0n) is 11.3. The molecule has 0 bridgehead atoms. The third-order valence-electron chi connectivity index (χ3n) is 3.84. The van der Waals surface area contributed by atoms with Crippen molar-refractivity contribution in [3.05, 3.63) is 40.2 Å². The van der Waals surface area contributed by atoms with Crippen LogP contribution in [0.3, 0.4) is 0 Å². The Labute approximate surface area is 112 Å². The van der Waals surface area contributed by atoms with Gasteiger partial charge in [0.15, 0.2) is 11.0 Å². The number of aryl methyl sites for hydroxylation is 1. The van der Waals surface area contributed by atoms with Gasteiger partial charge in [-0.3, -0.25) is 4.79 Å². The van der Waals surface area contributed by atoms with Crippen LogP contribution in [0.15, 0.2) is 33.7 Å².